The van der Waals surface area contributed by atoms with Gasteiger partial charge in [-0.3, -0.25) is 4.79 Å². The smallest absolute Gasteiger partial charge is 0.283 e. The van der Waals surface area contributed by atoms with E-state index in [0.29, 0.717) is 16.9 Å². The van der Waals surface area contributed by atoms with Crippen LogP contribution in [0.2, 0.25) is 0 Å². The summed E-state index contributed by atoms with van der Waals surface area (Å²) in [4.78, 5) is 25.2. The van der Waals surface area contributed by atoms with Crippen LogP contribution in [0.1, 0.15) is 9.80 Å². The lowest BCUT2D eigenvalue weighted by atomic mass is 10.1. The predicted octanol–water partition coefficient (Wildman–Crippen LogP) is 4.58. The molecular formula is C20H13F3N4OS. The summed E-state index contributed by atoms with van der Waals surface area (Å²) in [6.45, 7) is -1.13. The van der Waals surface area contributed by atoms with E-state index in [9.17, 15) is 18.0 Å². The zero-order chi connectivity index (χ0) is 20.2. The van der Waals surface area contributed by atoms with E-state index in [1.807, 2.05) is 12.1 Å². The molecule has 29 heavy (non-hydrogen) atoms. The number of pyridine rings is 1. The zero-order valence-corrected chi connectivity index (χ0v) is 15.6. The average molecular weight is 414 g/mol. The van der Waals surface area contributed by atoms with Crippen molar-refractivity contribution in [1.82, 2.24) is 19.9 Å². The minimum absolute atomic E-state index is 0.177. The molecule has 9 heteroatoms. The highest BCUT2D eigenvalue weighted by Crippen LogP contribution is 2.31. The number of carbonyl (C=O) groups excluding carboxylic acids is 1. The Balaban J connectivity index is 1.41. The SMILES string of the molecule is O=C(c1nc(-c2cnc3[nH]c(-c4ccc(F)cc4)cc3c2)cs1)N1CC(F)(F)C1. The van der Waals surface area contributed by atoms with Gasteiger partial charge >= 0.3 is 0 Å². The minimum Gasteiger partial charge on any atom is -0.339 e. The molecule has 0 spiro atoms. The molecule has 1 saturated heterocycles. The van der Waals surface area contributed by atoms with Crippen LogP contribution in [-0.2, 0) is 0 Å². The quantitative estimate of drug-likeness (QED) is 0.534. The topological polar surface area (TPSA) is 61.9 Å². The van der Waals surface area contributed by atoms with Crippen molar-refractivity contribution in [1.29, 1.82) is 0 Å². The Hall–Kier alpha value is -3.20. The fourth-order valence-electron chi connectivity index (χ4n) is 3.24. The first kappa shape index (κ1) is 17.9. The van der Waals surface area contributed by atoms with Crippen LogP contribution in [-0.4, -0.2) is 44.8 Å². The number of halogens is 3. The van der Waals surface area contributed by atoms with E-state index in [1.165, 1.54) is 12.1 Å². The maximum Gasteiger partial charge on any atom is 0.283 e. The third-order valence-electron chi connectivity index (χ3n) is 4.74. The molecule has 0 bridgehead atoms. The fraction of sp³-hybridized carbons (Fsp3) is 0.150. The first-order chi connectivity index (χ1) is 13.9. The molecule has 146 valence electrons. The number of hydrogen-bond acceptors (Lipinski definition) is 4. The van der Waals surface area contributed by atoms with Crippen molar-refractivity contribution in [3.8, 4) is 22.5 Å². The van der Waals surface area contributed by atoms with Gasteiger partial charge < -0.3 is 9.88 Å². The number of carbonyl (C=O) groups is 1. The summed E-state index contributed by atoms with van der Waals surface area (Å²) in [6, 6.07) is 9.92. The van der Waals surface area contributed by atoms with Crippen molar-refractivity contribution < 1.29 is 18.0 Å². The number of likely N-dealkylation sites (tertiary alicyclic amines) is 1. The number of alkyl halides is 2. The van der Waals surface area contributed by atoms with E-state index in [4.69, 9.17) is 0 Å². The maximum absolute atomic E-state index is 13.1. The number of H-pyrrole nitrogens is 1. The molecular weight excluding hydrogens is 401 g/mol. The Kier molecular flexibility index (Phi) is 3.95. The second-order valence-electron chi connectivity index (χ2n) is 6.91. The maximum atomic E-state index is 13.1. The normalized spacial score (nSPS) is 15.5. The number of amides is 1. The molecule has 1 aliphatic rings. The van der Waals surface area contributed by atoms with Gasteiger partial charge in [0.25, 0.3) is 11.8 Å². The molecule has 0 atom stereocenters. The number of aromatic amines is 1. The van der Waals surface area contributed by atoms with Crippen molar-refractivity contribution in [2.45, 2.75) is 5.92 Å². The Bertz CT molecular complexity index is 1220. The van der Waals surface area contributed by atoms with Gasteiger partial charge in [0.05, 0.1) is 18.8 Å². The van der Waals surface area contributed by atoms with E-state index < -0.39 is 24.9 Å². The largest absolute Gasteiger partial charge is 0.339 e. The van der Waals surface area contributed by atoms with Gasteiger partial charge in [-0.05, 0) is 42.0 Å². The van der Waals surface area contributed by atoms with Gasteiger partial charge in [0.2, 0.25) is 0 Å². The van der Waals surface area contributed by atoms with Crippen molar-refractivity contribution in [3.63, 3.8) is 0 Å². The van der Waals surface area contributed by atoms with Crippen LogP contribution < -0.4 is 0 Å². The lowest BCUT2D eigenvalue weighted by Crippen LogP contribution is -2.58. The fourth-order valence-corrected chi connectivity index (χ4v) is 4.03. The first-order valence-electron chi connectivity index (χ1n) is 8.76. The van der Waals surface area contributed by atoms with Crippen molar-refractivity contribution in [2.75, 3.05) is 13.1 Å². The van der Waals surface area contributed by atoms with Gasteiger partial charge in [0.1, 0.15) is 11.5 Å². The zero-order valence-electron chi connectivity index (χ0n) is 14.8. The van der Waals surface area contributed by atoms with E-state index in [0.717, 1.165) is 32.9 Å². The van der Waals surface area contributed by atoms with Gasteiger partial charge in [0, 0.05) is 28.2 Å². The highest BCUT2D eigenvalue weighted by Gasteiger charge is 2.47. The van der Waals surface area contributed by atoms with Gasteiger partial charge in [-0.1, -0.05) is 0 Å². The van der Waals surface area contributed by atoms with Crippen LogP contribution in [0.3, 0.4) is 0 Å². The van der Waals surface area contributed by atoms with E-state index in [1.54, 1.807) is 23.7 Å². The molecule has 0 radical (unpaired) electrons. The van der Waals surface area contributed by atoms with Crippen LogP contribution in [0.5, 0.6) is 0 Å². The Morgan fingerprint density at radius 1 is 1.14 bits per heavy atom. The molecule has 5 rings (SSSR count). The summed E-state index contributed by atoms with van der Waals surface area (Å²) in [5.41, 5.74) is 3.58. The molecule has 1 aromatic carbocycles. The van der Waals surface area contributed by atoms with Crippen LogP contribution in [0.25, 0.3) is 33.5 Å². The molecule has 0 saturated carbocycles. The van der Waals surface area contributed by atoms with E-state index in [-0.39, 0.29) is 10.8 Å². The molecule has 5 nitrogen and oxygen atoms in total. The lowest BCUT2D eigenvalue weighted by molar-refractivity contribution is -0.113. The van der Waals surface area contributed by atoms with E-state index in [2.05, 4.69) is 15.0 Å². The van der Waals surface area contributed by atoms with Crippen molar-refractivity contribution in [3.05, 3.63) is 58.8 Å². The molecule has 0 unspecified atom stereocenters. The van der Waals surface area contributed by atoms with E-state index >= 15 is 0 Å². The van der Waals surface area contributed by atoms with Crippen LogP contribution in [0, 0.1) is 5.82 Å². The summed E-state index contributed by atoms with van der Waals surface area (Å²) in [5, 5.41) is 2.73. The second kappa shape index (κ2) is 6.41. The molecule has 4 aromatic rings. The molecule has 0 aliphatic carbocycles. The number of aromatic nitrogens is 3. The monoisotopic (exact) mass is 414 g/mol. The summed E-state index contributed by atoms with van der Waals surface area (Å²) in [7, 11) is 0. The Labute approximate surface area is 166 Å². The third kappa shape index (κ3) is 3.27. The summed E-state index contributed by atoms with van der Waals surface area (Å²) < 4.78 is 39.1. The van der Waals surface area contributed by atoms with Gasteiger partial charge in [0.15, 0.2) is 5.01 Å². The Morgan fingerprint density at radius 2 is 1.90 bits per heavy atom. The summed E-state index contributed by atoms with van der Waals surface area (Å²) in [6.07, 6.45) is 1.63. The number of rotatable bonds is 3. The van der Waals surface area contributed by atoms with Gasteiger partial charge in [-0.25, -0.2) is 23.1 Å². The number of thiazole rings is 1. The second-order valence-corrected chi connectivity index (χ2v) is 7.76. The number of nitrogens with zero attached hydrogens (tertiary/aromatic N) is 3. The minimum atomic E-state index is -2.80. The summed E-state index contributed by atoms with van der Waals surface area (Å²) in [5.74, 6) is -3.59. The molecule has 1 amide bonds. The van der Waals surface area contributed by atoms with Crippen molar-refractivity contribution >= 4 is 28.3 Å². The molecule has 4 heterocycles. The van der Waals surface area contributed by atoms with Gasteiger partial charge in [-0.15, -0.1) is 11.3 Å². The number of nitrogens with one attached hydrogen (secondary N) is 1. The Morgan fingerprint density at radius 3 is 2.62 bits per heavy atom. The number of hydrogen-bond donors (Lipinski definition) is 1. The van der Waals surface area contributed by atoms with Crippen molar-refractivity contribution in [2.24, 2.45) is 0 Å². The molecule has 1 fully saturated rings. The van der Waals surface area contributed by atoms with Crippen LogP contribution in [0.4, 0.5) is 13.2 Å². The number of benzene rings is 1. The average Bonchev–Trinajstić information content (AvgIpc) is 3.32. The molecule has 1 N–H and O–H groups in total. The van der Waals surface area contributed by atoms with Crippen LogP contribution >= 0.6 is 11.3 Å². The summed E-state index contributed by atoms with van der Waals surface area (Å²) >= 11 is 1.12. The number of fused-ring (bicyclic) bond motifs is 1. The van der Waals surface area contributed by atoms with Crippen LogP contribution in [0.15, 0.2) is 48.0 Å². The van der Waals surface area contributed by atoms with Gasteiger partial charge in [-0.2, -0.15) is 0 Å². The lowest BCUT2D eigenvalue weighted by Gasteiger charge is -2.38. The molecule has 3 aromatic heterocycles. The molecule has 1 aliphatic heterocycles. The first-order valence-corrected chi connectivity index (χ1v) is 9.64. The highest BCUT2D eigenvalue weighted by atomic mass is 32.1. The predicted molar refractivity (Wildman–Crippen MR) is 103 cm³/mol. The highest BCUT2D eigenvalue weighted by molar-refractivity contribution is 7.12. The third-order valence-corrected chi connectivity index (χ3v) is 5.57. The standard InChI is InChI=1S/C20H13F3N4OS/c21-14-3-1-11(2-4-14)15-6-12-5-13(7-24-17(12)25-15)16-8-29-18(26-16)19(28)27-9-20(22,23)10-27/h1-8H,9-10H2,(H,24,25).